The highest BCUT2D eigenvalue weighted by atomic mass is 16.5. The number of nitrogens with two attached hydrogens (primary N) is 1. The minimum Gasteiger partial charge on any atom is -0.460 e. The van der Waals surface area contributed by atoms with Crippen molar-refractivity contribution in [1.29, 1.82) is 0 Å². The summed E-state index contributed by atoms with van der Waals surface area (Å²) in [4.78, 5) is 49.8. The molecule has 9 nitrogen and oxygen atoms in total. The molecular weight excluding hydrogens is 488 g/mol. The van der Waals surface area contributed by atoms with Crippen molar-refractivity contribution in [3.05, 3.63) is 71.5 Å². The van der Waals surface area contributed by atoms with E-state index in [4.69, 9.17) is 15.2 Å². The molecule has 0 radical (unpaired) electrons. The molecule has 1 amide bonds. The molecule has 5 atom stereocenters. The standard InChI is InChI=1S/C29H38N2O7/c1-18-11-10-12-21-15-22(32)16-24(28(21)35)31-26(33)17-23(37-4)13-8-6-5-7-9-14-25(19(2)27(18)34)38-29(36)20(3)30/h5-9,11,13,15-16,19-20,23,25,27,34H,10,12,14,17,30H2,1-4H3,(H,31,33)/b6-5-,9-7-,13-8-,18-11-. The zero-order valence-corrected chi connectivity index (χ0v) is 22.4. The highest BCUT2D eigenvalue weighted by Gasteiger charge is 2.29. The van der Waals surface area contributed by atoms with Crippen LogP contribution in [0.5, 0.6) is 0 Å². The number of hydrogen-bond donors (Lipinski definition) is 3. The third-order valence-electron chi connectivity index (χ3n) is 6.34. The van der Waals surface area contributed by atoms with Gasteiger partial charge in [-0.2, -0.15) is 0 Å². The van der Waals surface area contributed by atoms with Crippen molar-refractivity contribution < 1.29 is 33.8 Å². The van der Waals surface area contributed by atoms with Crippen LogP contribution in [0.1, 0.15) is 46.5 Å². The number of rotatable bonds is 3. The molecule has 38 heavy (non-hydrogen) atoms. The first kappa shape index (κ1) is 30.8. The fraction of sp³-hybridized carbons (Fsp3) is 0.448. The van der Waals surface area contributed by atoms with E-state index >= 15 is 0 Å². The Bertz CT molecular complexity index is 1080. The summed E-state index contributed by atoms with van der Waals surface area (Å²) in [7, 11) is 1.47. The summed E-state index contributed by atoms with van der Waals surface area (Å²) in [5.74, 6) is -2.27. The van der Waals surface area contributed by atoms with Gasteiger partial charge in [0.1, 0.15) is 12.1 Å². The maximum absolute atomic E-state index is 12.9. The number of hydrogen-bond acceptors (Lipinski definition) is 8. The van der Waals surface area contributed by atoms with Gasteiger partial charge in [0, 0.05) is 31.1 Å². The van der Waals surface area contributed by atoms with Crippen LogP contribution in [0.4, 0.5) is 0 Å². The number of esters is 1. The molecule has 9 heteroatoms. The summed E-state index contributed by atoms with van der Waals surface area (Å²) < 4.78 is 10.9. The van der Waals surface area contributed by atoms with E-state index < -0.39 is 47.9 Å². The molecule has 4 N–H and O–H groups in total. The topological polar surface area (TPSA) is 145 Å². The zero-order chi connectivity index (χ0) is 28.2. The number of Topliss-reactive ketones (excluding diaryl/α,β-unsaturated/α-hetero) is 1. The van der Waals surface area contributed by atoms with Crippen LogP contribution in [0.2, 0.25) is 0 Å². The average molecular weight is 527 g/mol. The fourth-order valence-electron chi connectivity index (χ4n) is 3.98. The molecule has 2 aliphatic rings. The fourth-order valence-corrected chi connectivity index (χ4v) is 3.98. The first-order chi connectivity index (χ1) is 18.0. The number of allylic oxidation sites excluding steroid dienone is 8. The van der Waals surface area contributed by atoms with E-state index in [1.165, 1.54) is 20.1 Å². The summed E-state index contributed by atoms with van der Waals surface area (Å²) in [5, 5.41) is 13.5. The molecule has 0 spiro atoms. The van der Waals surface area contributed by atoms with E-state index in [-0.39, 0.29) is 29.9 Å². The van der Waals surface area contributed by atoms with E-state index in [1.807, 2.05) is 6.08 Å². The van der Waals surface area contributed by atoms with Crippen LogP contribution in [0, 0.1) is 5.92 Å². The zero-order valence-electron chi connectivity index (χ0n) is 22.4. The van der Waals surface area contributed by atoms with Crippen molar-refractivity contribution in [3.8, 4) is 0 Å². The summed E-state index contributed by atoms with van der Waals surface area (Å²) in [6.45, 7) is 5.09. The third-order valence-corrected chi connectivity index (χ3v) is 6.34. The van der Waals surface area contributed by atoms with Crippen LogP contribution in [0.15, 0.2) is 71.5 Å². The lowest BCUT2D eigenvalue weighted by Crippen LogP contribution is -2.38. The summed E-state index contributed by atoms with van der Waals surface area (Å²) >= 11 is 0. The van der Waals surface area contributed by atoms with Gasteiger partial charge in [0.05, 0.1) is 24.3 Å². The molecule has 206 valence electrons. The maximum Gasteiger partial charge on any atom is 0.322 e. The number of fused-ring (bicyclic) bond motifs is 2. The van der Waals surface area contributed by atoms with Gasteiger partial charge in [-0.3, -0.25) is 19.2 Å². The molecule has 5 unspecified atom stereocenters. The van der Waals surface area contributed by atoms with Crippen LogP contribution >= 0.6 is 0 Å². The highest BCUT2D eigenvalue weighted by Crippen LogP contribution is 2.24. The largest absolute Gasteiger partial charge is 0.460 e. The molecule has 1 heterocycles. The van der Waals surface area contributed by atoms with Crippen LogP contribution in [-0.2, 0) is 28.7 Å². The minimum atomic E-state index is -0.916. The van der Waals surface area contributed by atoms with Gasteiger partial charge >= 0.3 is 5.97 Å². The Hall–Kier alpha value is -3.40. The van der Waals surface area contributed by atoms with Crippen molar-refractivity contribution in [2.45, 2.75) is 70.8 Å². The maximum atomic E-state index is 12.9. The van der Waals surface area contributed by atoms with Gasteiger partial charge in [0.2, 0.25) is 11.7 Å². The van der Waals surface area contributed by atoms with E-state index in [0.717, 1.165) is 6.08 Å². The lowest BCUT2D eigenvalue weighted by molar-refractivity contribution is -0.154. The number of amides is 1. The molecule has 0 aromatic rings. The summed E-state index contributed by atoms with van der Waals surface area (Å²) in [6, 6.07) is -0.798. The number of aliphatic hydroxyl groups is 1. The van der Waals surface area contributed by atoms with Crippen molar-refractivity contribution in [1.82, 2.24) is 5.32 Å². The van der Waals surface area contributed by atoms with Crippen LogP contribution < -0.4 is 11.1 Å². The monoisotopic (exact) mass is 526 g/mol. The van der Waals surface area contributed by atoms with E-state index in [1.54, 1.807) is 50.3 Å². The predicted molar refractivity (Wildman–Crippen MR) is 143 cm³/mol. The number of aliphatic hydroxyl groups excluding tert-OH is 1. The molecule has 1 aliphatic carbocycles. The van der Waals surface area contributed by atoms with Crippen LogP contribution in [0.25, 0.3) is 0 Å². The molecule has 2 rings (SSSR count). The average Bonchev–Trinajstić information content (AvgIpc) is 2.87. The van der Waals surface area contributed by atoms with Crippen LogP contribution in [0.3, 0.4) is 0 Å². The third kappa shape index (κ3) is 9.48. The van der Waals surface area contributed by atoms with Gasteiger partial charge < -0.3 is 25.6 Å². The van der Waals surface area contributed by atoms with E-state index in [2.05, 4.69) is 5.32 Å². The number of nitrogens with one attached hydrogen (secondary N) is 1. The second kappa shape index (κ2) is 15.1. The summed E-state index contributed by atoms with van der Waals surface area (Å²) in [5.41, 5.74) is 6.52. The second-order valence-corrected chi connectivity index (χ2v) is 9.47. The smallest absolute Gasteiger partial charge is 0.322 e. The first-order valence-corrected chi connectivity index (χ1v) is 12.7. The number of carbonyl (C=O) groups excluding carboxylic acids is 4. The van der Waals surface area contributed by atoms with Crippen molar-refractivity contribution in [2.75, 3.05) is 7.11 Å². The Morgan fingerprint density at radius 3 is 2.55 bits per heavy atom. The van der Waals surface area contributed by atoms with Gasteiger partial charge in [0.25, 0.3) is 0 Å². The number of carbonyl (C=O) groups is 4. The minimum absolute atomic E-state index is 0.0428. The molecule has 2 bridgehead atoms. The SMILES string of the molecule is COC1\C=C/C=C\C=C/CC(OC(=O)C(C)N)C(C)C(O)/C(C)=C\CCC2=CC(=O)C=C(NC(=O)C1)C2=O. The summed E-state index contributed by atoms with van der Waals surface area (Å²) in [6.07, 6.45) is 13.6. The number of ketones is 2. The molecule has 0 saturated carbocycles. The molecule has 0 saturated heterocycles. The van der Waals surface area contributed by atoms with Gasteiger partial charge in [-0.1, -0.05) is 49.5 Å². The van der Waals surface area contributed by atoms with Crippen molar-refractivity contribution in [3.63, 3.8) is 0 Å². The van der Waals surface area contributed by atoms with E-state index in [9.17, 15) is 24.3 Å². The predicted octanol–water partition coefficient (Wildman–Crippen LogP) is 2.52. The van der Waals surface area contributed by atoms with Gasteiger partial charge in [-0.25, -0.2) is 0 Å². The Morgan fingerprint density at radius 2 is 1.87 bits per heavy atom. The second-order valence-electron chi connectivity index (χ2n) is 9.47. The van der Waals surface area contributed by atoms with Crippen molar-refractivity contribution in [2.24, 2.45) is 11.7 Å². The van der Waals surface area contributed by atoms with Gasteiger partial charge in [0.15, 0.2) is 5.78 Å². The molecular formula is C29H38N2O7. The lowest BCUT2D eigenvalue weighted by Gasteiger charge is -2.28. The van der Waals surface area contributed by atoms with Gasteiger partial charge in [-0.05, 0) is 38.3 Å². The van der Waals surface area contributed by atoms with Crippen molar-refractivity contribution >= 4 is 23.4 Å². The van der Waals surface area contributed by atoms with Crippen LogP contribution in [-0.4, -0.2) is 60.0 Å². The first-order valence-electron chi connectivity index (χ1n) is 12.7. The normalized spacial score (nSPS) is 30.8. The number of ether oxygens (including phenoxy) is 2. The molecule has 1 aliphatic heterocycles. The Balaban J connectivity index is 2.33. The molecule has 0 fully saturated rings. The molecule has 0 aromatic carbocycles. The highest BCUT2D eigenvalue weighted by molar-refractivity contribution is 6.21. The Morgan fingerprint density at radius 1 is 1.16 bits per heavy atom. The van der Waals surface area contributed by atoms with Gasteiger partial charge in [-0.15, -0.1) is 0 Å². The molecule has 0 aromatic heterocycles. The number of methoxy groups -OCH3 is 1. The Kier molecular flexibility index (Phi) is 12.3. The quantitative estimate of drug-likeness (QED) is 0.289. The Labute approximate surface area is 223 Å². The van der Waals surface area contributed by atoms with E-state index in [0.29, 0.717) is 18.4 Å². The lowest BCUT2D eigenvalue weighted by atomic mass is 9.90.